The monoisotopic (exact) mass is 207 g/mol. The Bertz CT molecular complexity index is 399. The summed E-state index contributed by atoms with van der Waals surface area (Å²) in [5.41, 5.74) is 5.44. The van der Waals surface area contributed by atoms with Crippen molar-refractivity contribution in [2.45, 2.75) is 6.04 Å². The van der Waals surface area contributed by atoms with Gasteiger partial charge >= 0.3 is 5.97 Å². The Hall–Kier alpha value is -2.01. The number of hydrogen-bond acceptors (Lipinski definition) is 4. The number of ketones is 2. The number of carbonyl (C=O) groups is 3. The van der Waals surface area contributed by atoms with E-state index in [9.17, 15) is 14.4 Å². The van der Waals surface area contributed by atoms with Gasteiger partial charge in [-0.15, -0.1) is 0 Å². The van der Waals surface area contributed by atoms with Gasteiger partial charge < -0.3 is 10.8 Å². The van der Waals surface area contributed by atoms with Crippen molar-refractivity contribution in [3.8, 4) is 0 Å². The zero-order chi connectivity index (χ0) is 11.4. The molecule has 0 bridgehead atoms. The molecule has 0 aromatic heterocycles. The summed E-state index contributed by atoms with van der Waals surface area (Å²) in [7, 11) is 0. The molecule has 1 atom stereocenters. The van der Waals surface area contributed by atoms with Crippen LogP contribution in [0.15, 0.2) is 30.3 Å². The SMILES string of the molecule is NC(C(=O)C(=O)O)C(=O)c1ccccc1. The first-order valence-corrected chi connectivity index (χ1v) is 4.16. The highest BCUT2D eigenvalue weighted by molar-refractivity contribution is 6.40. The molecule has 5 nitrogen and oxygen atoms in total. The van der Waals surface area contributed by atoms with Crippen molar-refractivity contribution in [1.82, 2.24) is 0 Å². The van der Waals surface area contributed by atoms with Gasteiger partial charge in [-0.1, -0.05) is 30.3 Å². The van der Waals surface area contributed by atoms with Gasteiger partial charge in [0.15, 0.2) is 5.78 Å². The highest BCUT2D eigenvalue weighted by Crippen LogP contribution is 2.02. The van der Waals surface area contributed by atoms with E-state index in [-0.39, 0.29) is 5.56 Å². The Morgan fingerprint density at radius 1 is 1.13 bits per heavy atom. The van der Waals surface area contributed by atoms with Crippen molar-refractivity contribution in [3.63, 3.8) is 0 Å². The Balaban J connectivity index is 2.87. The van der Waals surface area contributed by atoms with Crippen LogP contribution in [-0.2, 0) is 9.59 Å². The van der Waals surface area contributed by atoms with E-state index >= 15 is 0 Å². The zero-order valence-electron chi connectivity index (χ0n) is 7.71. The van der Waals surface area contributed by atoms with E-state index in [0.717, 1.165) is 0 Å². The molecule has 0 saturated heterocycles. The first-order chi connectivity index (χ1) is 7.04. The summed E-state index contributed by atoms with van der Waals surface area (Å²) in [5.74, 6) is -3.70. The molecule has 78 valence electrons. The standard InChI is InChI=1S/C10H9NO4/c11-7(9(13)10(14)15)8(12)6-4-2-1-3-5-6/h1-5,7H,11H2,(H,14,15). The summed E-state index contributed by atoms with van der Waals surface area (Å²) in [5, 5.41) is 8.37. The van der Waals surface area contributed by atoms with Crippen molar-refractivity contribution in [2.75, 3.05) is 0 Å². The van der Waals surface area contributed by atoms with Crippen LogP contribution in [0.3, 0.4) is 0 Å². The molecule has 1 aromatic carbocycles. The molecule has 0 aliphatic carbocycles. The van der Waals surface area contributed by atoms with Gasteiger partial charge in [0.25, 0.3) is 5.78 Å². The molecule has 1 unspecified atom stereocenters. The molecule has 0 spiro atoms. The van der Waals surface area contributed by atoms with Crippen molar-refractivity contribution in [3.05, 3.63) is 35.9 Å². The van der Waals surface area contributed by atoms with Crippen LogP contribution in [0.4, 0.5) is 0 Å². The van der Waals surface area contributed by atoms with Crippen molar-refractivity contribution in [1.29, 1.82) is 0 Å². The lowest BCUT2D eigenvalue weighted by atomic mass is 10.0. The van der Waals surface area contributed by atoms with Crippen molar-refractivity contribution >= 4 is 17.5 Å². The molecule has 15 heavy (non-hydrogen) atoms. The normalized spacial score (nSPS) is 11.8. The third-order valence-electron chi connectivity index (χ3n) is 1.83. The molecule has 0 aliphatic heterocycles. The maximum Gasteiger partial charge on any atom is 0.374 e. The third kappa shape index (κ3) is 2.47. The lowest BCUT2D eigenvalue weighted by molar-refractivity contribution is -0.149. The van der Waals surface area contributed by atoms with Crippen LogP contribution in [0.25, 0.3) is 0 Å². The Kier molecular flexibility index (Phi) is 3.30. The van der Waals surface area contributed by atoms with Gasteiger partial charge in [0.1, 0.15) is 6.04 Å². The van der Waals surface area contributed by atoms with E-state index in [1.165, 1.54) is 12.1 Å². The molecule has 0 radical (unpaired) electrons. The van der Waals surface area contributed by atoms with E-state index in [2.05, 4.69) is 0 Å². The number of aliphatic carboxylic acids is 1. The molecule has 0 saturated carbocycles. The van der Waals surface area contributed by atoms with Crippen molar-refractivity contribution in [2.24, 2.45) is 5.73 Å². The molecule has 1 rings (SSSR count). The van der Waals surface area contributed by atoms with Crippen LogP contribution >= 0.6 is 0 Å². The highest BCUT2D eigenvalue weighted by Gasteiger charge is 2.28. The van der Waals surface area contributed by atoms with Gasteiger partial charge in [-0.3, -0.25) is 9.59 Å². The molecule has 0 fully saturated rings. The fourth-order valence-corrected chi connectivity index (χ4v) is 1.03. The second-order valence-electron chi connectivity index (χ2n) is 2.88. The van der Waals surface area contributed by atoms with Gasteiger partial charge in [-0.2, -0.15) is 0 Å². The average Bonchev–Trinajstić information content (AvgIpc) is 2.27. The predicted molar refractivity (Wildman–Crippen MR) is 51.4 cm³/mol. The summed E-state index contributed by atoms with van der Waals surface area (Å²) in [6, 6.07) is 6.21. The van der Waals surface area contributed by atoms with Crippen LogP contribution in [0, 0.1) is 0 Å². The maximum atomic E-state index is 11.5. The average molecular weight is 207 g/mol. The first kappa shape index (κ1) is 11.1. The Morgan fingerprint density at radius 2 is 1.67 bits per heavy atom. The van der Waals surface area contributed by atoms with Crippen LogP contribution in [-0.4, -0.2) is 28.7 Å². The summed E-state index contributed by atoms with van der Waals surface area (Å²) in [6.45, 7) is 0. The zero-order valence-corrected chi connectivity index (χ0v) is 7.71. The summed E-state index contributed by atoms with van der Waals surface area (Å²) in [6.07, 6.45) is 0. The van der Waals surface area contributed by atoms with Crippen LogP contribution in [0.2, 0.25) is 0 Å². The number of nitrogens with two attached hydrogens (primary N) is 1. The van der Waals surface area contributed by atoms with Crippen LogP contribution < -0.4 is 5.73 Å². The molecule has 0 amide bonds. The van der Waals surface area contributed by atoms with Gasteiger partial charge in [0.05, 0.1) is 0 Å². The molecule has 5 heteroatoms. The van der Waals surface area contributed by atoms with Gasteiger partial charge in [-0.25, -0.2) is 4.79 Å². The molecule has 0 heterocycles. The minimum absolute atomic E-state index is 0.222. The van der Waals surface area contributed by atoms with E-state index in [1.54, 1.807) is 18.2 Å². The van der Waals surface area contributed by atoms with Gasteiger partial charge in [-0.05, 0) is 0 Å². The second kappa shape index (κ2) is 4.47. The quantitative estimate of drug-likeness (QED) is 0.406. The summed E-state index contributed by atoms with van der Waals surface area (Å²) >= 11 is 0. The van der Waals surface area contributed by atoms with Gasteiger partial charge in [0, 0.05) is 5.56 Å². The Morgan fingerprint density at radius 3 is 2.13 bits per heavy atom. The maximum absolute atomic E-state index is 11.5. The third-order valence-corrected chi connectivity index (χ3v) is 1.83. The summed E-state index contributed by atoms with van der Waals surface area (Å²) < 4.78 is 0. The fourth-order valence-electron chi connectivity index (χ4n) is 1.03. The topological polar surface area (TPSA) is 97.5 Å². The number of hydrogen-bond donors (Lipinski definition) is 2. The lowest BCUT2D eigenvalue weighted by Gasteiger charge is -2.05. The minimum atomic E-state index is -1.70. The van der Waals surface area contributed by atoms with E-state index in [1.807, 2.05) is 0 Å². The number of benzene rings is 1. The number of rotatable bonds is 4. The molecular weight excluding hydrogens is 198 g/mol. The molecule has 0 aliphatic rings. The van der Waals surface area contributed by atoms with Crippen LogP contribution in [0.5, 0.6) is 0 Å². The lowest BCUT2D eigenvalue weighted by Crippen LogP contribution is -2.42. The van der Waals surface area contributed by atoms with Gasteiger partial charge in [0.2, 0.25) is 0 Å². The number of Topliss-reactive ketones (excluding diaryl/α,β-unsaturated/α-hetero) is 2. The molecule has 1 aromatic rings. The summed E-state index contributed by atoms with van der Waals surface area (Å²) in [4.78, 5) is 32.7. The molecule has 3 N–H and O–H groups in total. The number of carboxylic acid groups (broad SMARTS) is 1. The largest absolute Gasteiger partial charge is 0.475 e. The van der Waals surface area contributed by atoms with Crippen molar-refractivity contribution < 1.29 is 19.5 Å². The smallest absolute Gasteiger partial charge is 0.374 e. The minimum Gasteiger partial charge on any atom is -0.475 e. The van der Waals surface area contributed by atoms with E-state index in [4.69, 9.17) is 10.8 Å². The number of carbonyl (C=O) groups excluding carboxylic acids is 2. The fraction of sp³-hybridized carbons (Fsp3) is 0.100. The highest BCUT2D eigenvalue weighted by atomic mass is 16.4. The number of carboxylic acids is 1. The second-order valence-corrected chi connectivity index (χ2v) is 2.88. The predicted octanol–water partition coefficient (Wildman–Crippen LogP) is -0.150. The van der Waals surface area contributed by atoms with E-state index < -0.39 is 23.6 Å². The molecular formula is C10H9NO4. The van der Waals surface area contributed by atoms with E-state index in [0.29, 0.717) is 0 Å². The first-order valence-electron chi connectivity index (χ1n) is 4.16. The Labute approximate surface area is 85.5 Å². The van der Waals surface area contributed by atoms with Crippen LogP contribution in [0.1, 0.15) is 10.4 Å².